The number of carbonyl (C=O) groups is 3. The van der Waals surface area contributed by atoms with Crippen LogP contribution in [0.5, 0.6) is 0 Å². The van der Waals surface area contributed by atoms with Crippen molar-refractivity contribution in [3.05, 3.63) is 60.2 Å². The number of piperidine rings is 1. The molecular formula is C26H35N5O4. The maximum Gasteiger partial charge on any atom is 0.328 e. The number of aliphatic carboxylic acids is 1. The van der Waals surface area contributed by atoms with Crippen LogP contribution in [0, 0.1) is 0 Å². The van der Waals surface area contributed by atoms with E-state index >= 15 is 0 Å². The van der Waals surface area contributed by atoms with Gasteiger partial charge in [0.25, 0.3) is 0 Å². The number of carboxylic acids is 1. The number of nitrogens with two attached hydrogens (primary N) is 1. The van der Waals surface area contributed by atoms with E-state index in [2.05, 4.69) is 70.2 Å². The van der Waals surface area contributed by atoms with Gasteiger partial charge in [0.1, 0.15) is 0 Å². The van der Waals surface area contributed by atoms with Crippen LogP contribution in [-0.2, 0) is 14.4 Å². The lowest BCUT2D eigenvalue weighted by Crippen LogP contribution is -2.55. The van der Waals surface area contributed by atoms with Gasteiger partial charge in [-0.2, -0.15) is 0 Å². The second-order valence-corrected chi connectivity index (χ2v) is 8.77. The Balaban J connectivity index is 1.45. The van der Waals surface area contributed by atoms with Crippen molar-refractivity contribution >= 4 is 28.6 Å². The molecule has 1 fully saturated rings. The Labute approximate surface area is 205 Å². The van der Waals surface area contributed by atoms with Gasteiger partial charge in [-0.3, -0.25) is 14.5 Å². The SMILES string of the molecule is C[C@H](c1cccc2ccccc12)N1CCC(NC(CN)C(=O)NCC(=O)NC/C=C/C(=O)O)CC1. The first kappa shape index (κ1) is 26.3. The van der Waals surface area contributed by atoms with Crippen molar-refractivity contribution in [2.45, 2.75) is 37.9 Å². The average Bonchev–Trinajstić information content (AvgIpc) is 2.87. The minimum atomic E-state index is -1.08. The number of rotatable bonds is 11. The van der Waals surface area contributed by atoms with Gasteiger partial charge in [-0.15, -0.1) is 0 Å². The van der Waals surface area contributed by atoms with Crippen LogP contribution in [0.3, 0.4) is 0 Å². The highest BCUT2D eigenvalue weighted by atomic mass is 16.4. The van der Waals surface area contributed by atoms with E-state index in [9.17, 15) is 14.4 Å². The van der Waals surface area contributed by atoms with E-state index < -0.39 is 17.9 Å². The first-order valence-electron chi connectivity index (χ1n) is 12.0. The van der Waals surface area contributed by atoms with Gasteiger partial charge in [0, 0.05) is 44.3 Å². The summed E-state index contributed by atoms with van der Waals surface area (Å²) in [4.78, 5) is 37.2. The van der Waals surface area contributed by atoms with Crippen LogP contribution in [0.25, 0.3) is 10.8 Å². The Morgan fingerprint density at radius 3 is 2.54 bits per heavy atom. The summed E-state index contributed by atoms with van der Waals surface area (Å²) in [6, 6.07) is 14.8. The molecule has 0 aromatic heterocycles. The molecule has 1 heterocycles. The fourth-order valence-corrected chi connectivity index (χ4v) is 4.49. The monoisotopic (exact) mass is 481 g/mol. The van der Waals surface area contributed by atoms with Gasteiger partial charge in [-0.25, -0.2) is 4.79 Å². The number of likely N-dealkylation sites (tertiary alicyclic amines) is 1. The molecule has 9 heteroatoms. The highest BCUT2D eigenvalue weighted by Gasteiger charge is 2.27. The van der Waals surface area contributed by atoms with Gasteiger partial charge in [0.2, 0.25) is 11.8 Å². The zero-order chi connectivity index (χ0) is 25.2. The van der Waals surface area contributed by atoms with E-state index in [0.717, 1.165) is 32.0 Å². The lowest BCUT2D eigenvalue weighted by Gasteiger charge is -2.38. The molecule has 1 aliphatic heterocycles. The molecule has 1 saturated heterocycles. The zero-order valence-electron chi connectivity index (χ0n) is 20.1. The van der Waals surface area contributed by atoms with Gasteiger partial charge < -0.3 is 26.8 Å². The Morgan fingerprint density at radius 2 is 1.83 bits per heavy atom. The molecule has 0 bridgehead atoms. The maximum atomic E-state index is 12.5. The zero-order valence-corrected chi connectivity index (χ0v) is 20.1. The number of carboxylic acid groups (broad SMARTS) is 1. The molecule has 2 aromatic carbocycles. The number of carbonyl (C=O) groups excluding carboxylic acids is 2. The van der Waals surface area contributed by atoms with Crippen LogP contribution in [0.15, 0.2) is 54.6 Å². The Morgan fingerprint density at radius 1 is 1.11 bits per heavy atom. The van der Waals surface area contributed by atoms with Crippen LogP contribution >= 0.6 is 0 Å². The third-order valence-corrected chi connectivity index (χ3v) is 6.44. The summed E-state index contributed by atoms with van der Waals surface area (Å²) in [6.45, 7) is 4.07. The molecule has 3 rings (SSSR count). The molecule has 2 atom stereocenters. The number of nitrogens with one attached hydrogen (secondary N) is 3. The lowest BCUT2D eigenvalue weighted by molar-refractivity contribution is -0.131. The van der Waals surface area contributed by atoms with Crippen LogP contribution in [0.2, 0.25) is 0 Å². The Hall–Kier alpha value is -3.27. The maximum absolute atomic E-state index is 12.5. The lowest BCUT2D eigenvalue weighted by atomic mass is 9.96. The molecule has 0 saturated carbocycles. The molecule has 1 aliphatic rings. The van der Waals surface area contributed by atoms with E-state index in [4.69, 9.17) is 10.8 Å². The minimum absolute atomic E-state index is 0.0787. The first-order valence-corrected chi connectivity index (χ1v) is 12.0. The summed E-state index contributed by atoms with van der Waals surface area (Å²) in [5, 5.41) is 19.5. The van der Waals surface area contributed by atoms with Gasteiger partial charge in [-0.1, -0.05) is 48.5 Å². The molecule has 6 N–H and O–H groups in total. The summed E-state index contributed by atoms with van der Waals surface area (Å²) in [7, 11) is 0. The average molecular weight is 482 g/mol. The largest absolute Gasteiger partial charge is 0.478 e. The van der Waals surface area contributed by atoms with E-state index in [1.165, 1.54) is 22.4 Å². The Kier molecular flexibility index (Phi) is 9.77. The van der Waals surface area contributed by atoms with Crippen molar-refractivity contribution in [3.63, 3.8) is 0 Å². The molecule has 1 unspecified atom stereocenters. The highest BCUT2D eigenvalue weighted by molar-refractivity contribution is 5.88. The molecule has 2 aromatic rings. The van der Waals surface area contributed by atoms with E-state index in [1.54, 1.807) is 0 Å². The molecule has 2 amide bonds. The number of nitrogens with zero attached hydrogens (tertiary/aromatic N) is 1. The molecule has 0 radical (unpaired) electrons. The van der Waals surface area contributed by atoms with Crippen LogP contribution in [0.4, 0.5) is 0 Å². The quantitative estimate of drug-likeness (QED) is 0.304. The van der Waals surface area contributed by atoms with Crippen molar-refractivity contribution in [1.29, 1.82) is 0 Å². The predicted octanol–water partition coefficient (Wildman–Crippen LogP) is 1.16. The summed E-state index contributed by atoms with van der Waals surface area (Å²) in [6.07, 6.45) is 4.06. The third-order valence-electron chi connectivity index (χ3n) is 6.44. The fraction of sp³-hybridized carbons (Fsp3) is 0.423. The molecule has 35 heavy (non-hydrogen) atoms. The molecule has 0 aliphatic carbocycles. The van der Waals surface area contributed by atoms with Crippen LogP contribution in [-0.4, -0.2) is 72.6 Å². The number of benzene rings is 2. The third kappa shape index (κ3) is 7.61. The topological polar surface area (TPSA) is 137 Å². The predicted molar refractivity (Wildman–Crippen MR) is 136 cm³/mol. The van der Waals surface area contributed by atoms with E-state index in [1.807, 2.05) is 0 Å². The molecule has 9 nitrogen and oxygen atoms in total. The van der Waals surface area contributed by atoms with Crippen LogP contribution in [0.1, 0.15) is 31.4 Å². The van der Waals surface area contributed by atoms with Crippen LogP contribution < -0.4 is 21.7 Å². The highest BCUT2D eigenvalue weighted by Crippen LogP contribution is 2.30. The Bertz CT molecular complexity index is 1040. The normalized spacial score (nSPS) is 16.7. The number of amides is 2. The van der Waals surface area contributed by atoms with Gasteiger partial charge in [0.15, 0.2) is 0 Å². The van der Waals surface area contributed by atoms with Crippen molar-refractivity contribution < 1.29 is 19.5 Å². The van der Waals surface area contributed by atoms with Crippen molar-refractivity contribution in [1.82, 2.24) is 20.9 Å². The standard InChI is InChI=1S/C26H35N5O4/c1-18(21-9-4-7-19-6-2-3-8-22(19)21)31-14-11-20(12-15-31)30-23(16-27)26(35)29-17-24(32)28-13-5-10-25(33)34/h2-10,18,20,23,30H,11-17,27H2,1H3,(H,28,32)(H,29,35)(H,33,34)/b10-5+/t18-,23?/m1/s1. The van der Waals surface area contributed by atoms with Gasteiger partial charge in [0.05, 0.1) is 12.6 Å². The number of hydrogen-bond acceptors (Lipinski definition) is 6. The molecule has 188 valence electrons. The number of hydrogen-bond donors (Lipinski definition) is 5. The van der Waals surface area contributed by atoms with E-state index in [0.29, 0.717) is 6.04 Å². The summed E-state index contributed by atoms with van der Waals surface area (Å²) in [5.74, 6) is -1.81. The first-order chi connectivity index (χ1) is 16.9. The van der Waals surface area contributed by atoms with Crippen molar-refractivity contribution in [3.8, 4) is 0 Å². The smallest absolute Gasteiger partial charge is 0.328 e. The van der Waals surface area contributed by atoms with Gasteiger partial charge >= 0.3 is 5.97 Å². The fourth-order valence-electron chi connectivity index (χ4n) is 4.49. The van der Waals surface area contributed by atoms with Gasteiger partial charge in [-0.05, 0) is 36.1 Å². The van der Waals surface area contributed by atoms with Crippen molar-refractivity contribution in [2.24, 2.45) is 5.73 Å². The molecule has 0 spiro atoms. The second kappa shape index (κ2) is 13.0. The second-order valence-electron chi connectivity index (χ2n) is 8.77. The van der Waals surface area contributed by atoms with Crippen molar-refractivity contribution in [2.75, 3.05) is 32.7 Å². The van der Waals surface area contributed by atoms with E-state index in [-0.39, 0.29) is 31.6 Å². The summed E-state index contributed by atoms with van der Waals surface area (Å²) >= 11 is 0. The summed E-state index contributed by atoms with van der Waals surface area (Å²) in [5.41, 5.74) is 7.15. The summed E-state index contributed by atoms with van der Waals surface area (Å²) < 4.78 is 0. The molecular weight excluding hydrogens is 446 g/mol. The minimum Gasteiger partial charge on any atom is -0.478 e. The number of fused-ring (bicyclic) bond motifs is 1.